The first-order valence-corrected chi connectivity index (χ1v) is 15.9. The van der Waals surface area contributed by atoms with Crippen LogP contribution in [0.1, 0.15) is 11.1 Å². The Morgan fingerprint density at radius 2 is 0.771 bits per heavy atom. The van der Waals surface area contributed by atoms with E-state index in [9.17, 15) is 10.5 Å². The molecule has 4 nitrogen and oxygen atoms in total. The van der Waals surface area contributed by atoms with E-state index in [2.05, 4.69) is 106 Å². The molecule has 0 N–H and O–H groups in total. The van der Waals surface area contributed by atoms with Gasteiger partial charge in [0.05, 0.1) is 45.1 Å². The van der Waals surface area contributed by atoms with Crippen molar-refractivity contribution in [1.82, 2.24) is 9.13 Å². The van der Waals surface area contributed by atoms with E-state index in [0.717, 1.165) is 65.9 Å². The molecule has 2 heterocycles. The number of nitrogens with zero attached hydrogens (tertiary/aromatic N) is 4. The summed E-state index contributed by atoms with van der Waals surface area (Å²) in [4.78, 5) is 0. The van der Waals surface area contributed by atoms with E-state index in [1.54, 1.807) is 0 Å². The second-order valence-corrected chi connectivity index (χ2v) is 12.0. The first kappa shape index (κ1) is 27.4. The van der Waals surface area contributed by atoms with Crippen molar-refractivity contribution in [2.45, 2.75) is 0 Å². The minimum atomic E-state index is 0.484. The highest BCUT2D eigenvalue weighted by molar-refractivity contribution is 6.12. The summed E-state index contributed by atoms with van der Waals surface area (Å²) in [5, 5.41) is 25.7. The minimum Gasteiger partial charge on any atom is -0.308 e. The number of rotatable bonds is 4. The summed E-state index contributed by atoms with van der Waals surface area (Å²) in [5.41, 5.74) is 10.8. The van der Waals surface area contributed by atoms with Crippen LogP contribution >= 0.6 is 0 Å². The van der Waals surface area contributed by atoms with Gasteiger partial charge in [-0.2, -0.15) is 10.5 Å². The normalized spacial score (nSPS) is 11.3. The van der Waals surface area contributed by atoms with Gasteiger partial charge in [0.25, 0.3) is 0 Å². The lowest BCUT2D eigenvalue weighted by Gasteiger charge is -2.16. The Kier molecular flexibility index (Phi) is 6.22. The molecule has 0 aliphatic rings. The summed E-state index contributed by atoms with van der Waals surface area (Å²) in [6.07, 6.45) is 0. The van der Waals surface area contributed by atoms with E-state index in [4.69, 9.17) is 0 Å². The molecule has 9 aromatic rings. The van der Waals surface area contributed by atoms with Crippen LogP contribution in [0.3, 0.4) is 0 Å². The number of fused-ring (bicyclic) bond motifs is 6. The third-order valence-electron chi connectivity index (χ3n) is 9.38. The Morgan fingerprint density at radius 1 is 0.354 bits per heavy atom. The van der Waals surface area contributed by atoms with Gasteiger partial charge in [-0.3, -0.25) is 0 Å². The molecule has 0 saturated heterocycles. The van der Waals surface area contributed by atoms with E-state index >= 15 is 0 Å². The Hall–Kier alpha value is -6.88. The van der Waals surface area contributed by atoms with Crippen LogP contribution in [0.4, 0.5) is 0 Å². The van der Waals surface area contributed by atoms with Crippen LogP contribution in [0.2, 0.25) is 0 Å². The minimum absolute atomic E-state index is 0.484. The van der Waals surface area contributed by atoms with Gasteiger partial charge >= 0.3 is 0 Å². The highest BCUT2D eigenvalue weighted by Crippen LogP contribution is 2.40. The van der Waals surface area contributed by atoms with Gasteiger partial charge in [0.1, 0.15) is 11.6 Å². The lowest BCUT2D eigenvalue weighted by atomic mass is 10.0. The molecule has 48 heavy (non-hydrogen) atoms. The van der Waals surface area contributed by atoms with Gasteiger partial charge in [-0.05, 0) is 70.8 Å². The quantitative estimate of drug-likeness (QED) is 0.199. The monoisotopic (exact) mass is 610 g/mol. The van der Waals surface area contributed by atoms with Gasteiger partial charge in [-0.25, -0.2) is 0 Å². The van der Waals surface area contributed by atoms with Crippen molar-refractivity contribution < 1.29 is 0 Å². The molecule has 0 fully saturated rings. The molecule has 0 atom stereocenters. The molecular weight excluding hydrogens is 585 g/mol. The fourth-order valence-corrected chi connectivity index (χ4v) is 7.23. The number of hydrogen-bond acceptors (Lipinski definition) is 2. The van der Waals surface area contributed by atoms with Crippen molar-refractivity contribution >= 4 is 43.6 Å². The Morgan fingerprint density at radius 3 is 1.21 bits per heavy atom. The van der Waals surface area contributed by atoms with Gasteiger partial charge in [0, 0.05) is 21.5 Å². The van der Waals surface area contributed by atoms with Crippen LogP contribution in [0, 0.1) is 22.7 Å². The summed E-state index contributed by atoms with van der Waals surface area (Å²) in [6, 6.07) is 58.9. The van der Waals surface area contributed by atoms with Crippen LogP contribution in [-0.2, 0) is 0 Å². The van der Waals surface area contributed by atoms with Gasteiger partial charge in [0.15, 0.2) is 0 Å². The standard InChI is InChI=1S/C44H26N4/c45-27-29-23-43(47-39-17-9-7-15-34(39)36-25-32(19-21-41(36)47)30-11-3-1-4-12-30)38(28-46)44(24-29)48-40-18-10-8-16-35(40)37-26-33(20-22-42(37)48)31-13-5-2-6-14-31/h1-26H. The molecule has 0 aliphatic heterocycles. The molecule has 0 unspecified atom stereocenters. The topological polar surface area (TPSA) is 57.4 Å². The molecule has 2 aromatic heterocycles. The molecule has 0 amide bonds. The average Bonchev–Trinajstić information content (AvgIpc) is 3.67. The molecule has 4 heteroatoms. The number of para-hydroxylation sites is 2. The fourth-order valence-electron chi connectivity index (χ4n) is 7.23. The van der Waals surface area contributed by atoms with Gasteiger partial charge in [0.2, 0.25) is 0 Å². The fraction of sp³-hybridized carbons (Fsp3) is 0. The second-order valence-electron chi connectivity index (χ2n) is 12.0. The second kappa shape index (κ2) is 10.9. The molecule has 0 radical (unpaired) electrons. The van der Waals surface area contributed by atoms with E-state index in [0.29, 0.717) is 22.5 Å². The largest absolute Gasteiger partial charge is 0.308 e. The number of benzene rings is 7. The maximum absolute atomic E-state index is 11.0. The van der Waals surface area contributed by atoms with Crippen LogP contribution < -0.4 is 0 Å². The van der Waals surface area contributed by atoms with Crippen molar-refractivity contribution in [2.24, 2.45) is 0 Å². The summed E-state index contributed by atoms with van der Waals surface area (Å²) >= 11 is 0. The van der Waals surface area contributed by atoms with Crippen LogP contribution in [0.25, 0.3) is 77.2 Å². The zero-order valence-corrected chi connectivity index (χ0v) is 25.8. The van der Waals surface area contributed by atoms with Crippen molar-refractivity contribution in [2.75, 3.05) is 0 Å². The van der Waals surface area contributed by atoms with E-state index < -0.39 is 0 Å². The van der Waals surface area contributed by atoms with Crippen molar-refractivity contribution in [3.63, 3.8) is 0 Å². The third kappa shape index (κ3) is 4.14. The smallest absolute Gasteiger partial charge is 0.104 e. The van der Waals surface area contributed by atoms with Crippen molar-refractivity contribution in [1.29, 1.82) is 10.5 Å². The van der Waals surface area contributed by atoms with Crippen LogP contribution in [-0.4, -0.2) is 9.13 Å². The zero-order chi connectivity index (χ0) is 32.2. The molecular formula is C44H26N4. The number of nitriles is 2. The Bertz CT molecular complexity index is 2610. The highest BCUT2D eigenvalue weighted by Gasteiger charge is 2.22. The Labute approximate surface area is 277 Å². The van der Waals surface area contributed by atoms with Crippen molar-refractivity contribution in [3.05, 3.63) is 169 Å². The molecule has 0 bridgehead atoms. The first-order chi connectivity index (χ1) is 23.7. The van der Waals surface area contributed by atoms with Crippen LogP contribution in [0.5, 0.6) is 0 Å². The molecule has 9 rings (SSSR count). The number of hydrogen-bond donors (Lipinski definition) is 0. The predicted octanol–water partition coefficient (Wildman–Crippen LogP) is 11.0. The molecule has 0 saturated carbocycles. The summed E-state index contributed by atoms with van der Waals surface area (Å²) < 4.78 is 4.29. The maximum atomic E-state index is 11.0. The summed E-state index contributed by atoms with van der Waals surface area (Å²) in [6.45, 7) is 0. The van der Waals surface area contributed by atoms with E-state index in [-0.39, 0.29) is 0 Å². The van der Waals surface area contributed by atoms with Gasteiger partial charge in [-0.15, -0.1) is 0 Å². The summed E-state index contributed by atoms with van der Waals surface area (Å²) in [5.74, 6) is 0. The lowest BCUT2D eigenvalue weighted by molar-refractivity contribution is 1.11. The first-order valence-electron chi connectivity index (χ1n) is 15.9. The van der Waals surface area contributed by atoms with Crippen molar-refractivity contribution in [3.8, 4) is 45.8 Å². The lowest BCUT2D eigenvalue weighted by Crippen LogP contribution is -2.05. The number of aromatic nitrogens is 2. The highest BCUT2D eigenvalue weighted by atomic mass is 15.0. The van der Waals surface area contributed by atoms with E-state index in [1.165, 1.54) is 0 Å². The van der Waals surface area contributed by atoms with Gasteiger partial charge in [-0.1, -0.05) is 109 Å². The maximum Gasteiger partial charge on any atom is 0.104 e. The molecule has 0 aliphatic carbocycles. The summed E-state index contributed by atoms with van der Waals surface area (Å²) in [7, 11) is 0. The zero-order valence-electron chi connectivity index (χ0n) is 25.8. The molecule has 7 aromatic carbocycles. The Balaban J connectivity index is 1.35. The average molecular weight is 611 g/mol. The molecule has 0 spiro atoms. The van der Waals surface area contributed by atoms with E-state index in [1.807, 2.05) is 72.8 Å². The predicted molar refractivity (Wildman–Crippen MR) is 195 cm³/mol. The third-order valence-corrected chi connectivity index (χ3v) is 9.38. The van der Waals surface area contributed by atoms with Gasteiger partial charge < -0.3 is 9.13 Å². The van der Waals surface area contributed by atoms with Crippen LogP contribution in [0.15, 0.2) is 158 Å². The SMILES string of the molecule is N#Cc1cc(-n2c3ccccc3c3cc(-c4ccccc4)ccc32)c(C#N)c(-n2c3ccccc3c3cc(-c4ccccc4)ccc32)c1. The molecule has 222 valence electrons.